The van der Waals surface area contributed by atoms with Crippen LogP contribution in [0.25, 0.3) is 0 Å². The number of aliphatic hydroxyl groups is 1. The minimum Gasteiger partial charge on any atom is -0.458 e. The maximum Gasteiger partial charge on any atom is 0.335 e. The zero-order chi connectivity index (χ0) is 17.6. The van der Waals surface area contributed by atoms with E-state index in [1.54, 1.807) is 0 Å². The summed E-state index contributed by atoms with van der Waals surface area (Å²) in [4.78, 5) is 11.6. The number of rotatable bonds is 15. The summed E-state index contributed by atoms with van der Waals surface area (Å²) in [5.74, 6) is -0.464. The van der Waals surface area contributed by atoms with Crippen molar-refractivity contribution >= 4 is 5.97 Å². The molecule has 0 saturated heterocycles. The number of esters is 1. The fourth-order valence-corrected chi connectivity index (χ4v) is 2.46. The largest absolute Gasteiger partial charge is 0.458 e. The van der Waals surface area contributed by atoms with Gasteiger partial charge in [0.15, 0.2) is 6.10 Å². The molecule has 0 aliphatic rings. The van der Waals surface area contributed by atoms with Gasteiger partial charge in [-0.05, 0) is 6.42 Å². The molecule has 0 fully saturated rings. The van der Waals surface area contributed by atoms with Gasteiger partial charge in [0.25, 0.3) is 0 Å². The van der Waals surface area contributed by atoms with Gasteiger partial charge in [0.1, 0.15) is 13.2 Å². The molecule has 0 spiro atoms. The molecule has 138 valence electrons. The van der Waals surface area contributed by atoms with Gasteiger partial charge >= 0.3 is 5.97 Å². The monoisotopic (exact) mass is 330 g/mol. The molecule has 1 atom stereocenters. The molecular formula is C19H40NO3+. The van der Waals surface area contributed by atoms with Crippen LogP contribution in [0.2, 0.25) is 0 Å². The summed E-state index contributed by atoms with van der Waals surface area (Å²) in [5, 5.41) is 9.79. The van der Waals surface area contributed by atoms with Crippen LogP contribution >= 0.6 is 0 Å². The van der Waals surface area contributed by atoms with Crippen molar-refractivity contribution in [2.75, 3.05) is 34.3 Å². The molecule has 0 aromatic heterocycles. The Morgan fingerprint density at radius 3 is 1.87 bits per heavy atom. The molecule has 23 heavy (non-hydrogen) atoms. The van der Waals surface area contributed by atoms with E-state index in [0.29, 0.717) is 13.0 Å². The Morgan fingerprint density at radius 2 is 1.39 bits per heavy atom. The van der Waals surface area contributed by atoms with E-state index >= 15 is 0 Å². The first-order valence-corrected chi connectivity index (χ1v) is 9.52. The van der Waals surface area contributed by atoms with Gasteiger partial charge < -0.3 is 14.3 Å². The SMILES string of the molecule is CCCCCCCCCCCCC(O)C(=O)OCC[N+](C)(C)C. The van der Waals surface area contributed by atoms with Crippen molar-refractivity contribution in [1.82, 2.24) is 0 Å². The maximum absolute atomic E-state index is 11.6. The average molecular weight is 331 g/mol. The third-order valence-electron chi connectivity index (χ3n) is 4.11. The van der Waals surface area contributed by atoms with Crippen LogP contribution in [-0.4, -0.2) is 56.0 Å². The van der Waals surface area contributed by atoms with Crippen LogP contribution < -0.4 is 0 Å². The van der Waals surface area contributed by atoms with Gasteiger partial charge in [0, 0.05) is 0 Å². The van der Waals surface area contributed by atoms with Crippen LogP contribution in [-0.2, 0) is 9.53 Å². The lowest BCUT2D eigenvalue weighted by Gasteiger charge is -2.23. The van der Waals surface area contributed by atoms with Crippen LogP contribution in [0.1, 0.15) is 77.6 Å². The second-order valence-corrected chi connectivity index (χ2v) is 7.67. The van der Waals surface area contributed by atoms with E-state index in [1.807, 2.05) is 21.1 Å². The second kappa shape index (κ2) is 13.8. The van der Waals surface area contributed by atoms with Gasteiger partial charge in [-0.1, -0.05) is 71.1 Å². The van der Waals surface area contributed by atoms with Gasteiger partial charge in [0.05, 0.1) is 21.1 Å². The number of nitrogens with zero attached hydrogens (tertiary/aromatic N) is 1. The Morgan fingerprint density at radius 1 is 0.913 bits per heavy atom. The van der Waals surface area contributed by atoms with Crippen molar-refractivity contribution in [3.63, 3.8) is 0 Å². The highest BCUT2D eigenvalue weighted by Gasteiger charge is 2.17. The van der Waals surface area contributed by atoms with Gasteiger partial charge in [-0.15, -0.1) is 0 Å². The van der Waals surface area contributed by atoms with Crippen molar-refractivity contribution in [2.45, 2.75) is 83.7 Å². The number of likely N-dealkylation sites (N-methyl/N-ethyl adjacent to an activating group) is 1. The first kappa shape index (κ1) is 22.4. The van der Waals surface area contributed by atoms with Crippen LogP contribution in [0.3, 0.4) is 0 Å². The molecule has 4 nitrogen and oxygen atoms in total. The molecule has 0 aliphatic carbocycles. The number of carbonyl (C=O) groups is 1. The first-order chi connectivity index (χ1) is 10.9. The van der Waals surface area contributed by atoms with Crippen LogP contribution in [0.15, 0.2) is 0 Å². The van der Waals surface area contributed by atoms with E-state index in [1.165, 1.54) is 51.4 Å². The minimum atomic E-state index is -0.948. The lowest BCUT2D eigenvalue weighted by molar-refractivity contribution is -0.870. The molecule has 4 heteroatoms. The van der Waals surface area contributed by atoms with Gasteiger partial charge in [0.2, 0.25) is 0 Å². The second-order valence-electron chi connectivity index (χ2n) is 7.67. The number of hydrogen-bond donors (Lipinski definition) is 1. The number of aliphatic hydroxyl groups excluding tert-OH is 1. The summed E-state index contributed by atoms with van der Waals surface area (Å²) in [6.45, 7) is 3.38. The summed E-state index contributed by atoms with van der Waals surface area (Å²) in [5.41, 5.74) is 0. The molecule has 0 aromatic rings. The molecule has 1 N–H and O–H groups in total. The average Bonchev–Trinajstić information content (AvgIpc) is 2.47. The first-order valence-electron chi connectivity index (χ1n) is 9.52. The highest BCUT2D eigenvalue weighted by molar-refractivity contribution is 5.74. The predicted octanol–water partition coefficient (Wildman–Crippen LogP) is 3.91. The Labute approximate surface area is 143 Å². The number of ether oxygens (including phenoxy) is 1. The molecule has 0 aliphatic heterocycles. The molecule has 0 bridgehead atoms. The van der Waals surface area contributed by atoms with E-state index in [9.17, 15) is 9.90 Å². The fourth-order valence-electron chi connectivity index (χ4n) is 2.46. The van der Waals surface area contributed by atoms with E-state index < -0.39 is 12.1 Å². The third kappa shape index (κ3) is 16.0. The third-order valence-corrected chi connectivity index (χ3v) is 4.11. The molecule has 0 heterocycles. The Kier molecular flexibility index (Phi) is 13.4. The highest BCUT2D eigenvalue weighted by Crippen LogP contribution is 2.12. The molecule has 0 aromatic carbocycles. The molecular weight excluding hydrogens is 290 g/mol. The summed E-state index contributed by atoms with van der Waals surface area (Å²) in [6.07, 6.45) is 12.1. The number of hydrogen-bond acceptors (Lipinski definition) is 3. The van der Waals surface area contributed by atoms with Crippen molar-refractivity contribution in [2.24, 2.45) is 0 Å². The molecule has 0 saturated carbocycles. The summed E-state index contributed by atoms with van der Waals surface area (Å²) >= 11 is 0. The summed E-state index contributed by atoms with van der Waals surface area (Å²) in [7, 11) is 6.15. The van der Waals surface area contributed by atoms with Crippen molar-refractivity contribution in [3.8, 4) is 0 Å². The van der Waals surface area contributed by atoms with Crippen LogP contribution in [0.5, 0.6) is 0 Å². The standard InChI is InChI=1S/C19H40NO3/c1-5-6-7-8-9-10-11-12-13-14-15-18(21)19(22)23-17-16-20(2,3)4/h18,21H,5-17H2,1-4H3/q+1. The molecule has 0 amide bonds. The zero-order valence-corrected chi connectivity index (χ0v) is 16.0. The van der Waals surface area contributed by atoms with Crippen molar-refractivity contribution < 1.29 is 19.1 Å². The Balaban J connectivity index is 3.41. The zero-order valence-electron chi connectivity index (χ0n) is 16.0. The molecule has 0 rings (SSSR count). The summed E-state index contributed by atoms with van der Waals surface area (Å²) in [6, 6.07) is 0. The van der Waals surface area contributed by atoms with E-state index in [-0.39, 0.29) is 0 Å². The molecule has 1 unspecified atom stereocenters. The van der Waals surface area contributed by atoms with Gasteiger partial charge in [-0.3, -0.25) is 0 Å². The predicted molar refractivity (Wildman–Crippen MR) is 96.3 cm³/mol. The lowest BCUT2D eigenvalue weighted by atomic mass is 10.0. The Bertz CT molecular complexity index is 287. The van der Waals surface area contributed by atoms with E-state index in [4.69, 9.17) is 4.74 Å². The molecule has 0 radical (unpaired) electrons. The normalized spacial score (nSPS) is 13.1. The van der Waals surface area contributed by atoms with Gasteiger partial charge in [-0.25, -0.2) is 4.79 Å². The highest BCUT2D eigenvalue weighted by atomic mass is 16.5. The Hall–Kier alpha value is -0.610. The number of unbranched alkanes of at least 4 members (excludes halogenated alkanes) is 9. The van der Waals surface area contributed by atoms with Crippen molar-refractivity contribution in [1.29, 1.82) is 0 Å². The van der Waals surface area contributed by atoms with Gasteiger partial charge in [-0.2, -0.15) is 0 Å². The summed E-state index contributed by atoms with van der Waals surface area (Å²) < 4.78 is 5.87. The minimum absolute atomic E-state index is 0.372. The topological polar surface area (TPSA) is 46.5 Å². The van der Waals surface area contributed by atoms with Crippen LogP contribution in [0, 0.1) is 0 Å². The smallest absolute Gasteiger partial charge is 0.335 e. The van der Waals surface area contributed by atoms with E-state index in [2.05, 4.69) is 6.92 Å². The quantitative estimate of drug-likeness (QED) is 0.281. The number of carbonyl (C=O) groups excluding carboxylic acids is 1. The maximum atomic E-state index is 11.6. The fraction of sp³-hybridized carbons (Fsp3) is 0.947. The van der Waals surface area contributed by atoms with Crippen molar-refractivity contribution in [3.05, 3.63) is 0 Å². The number of quaternary nitrogens is 1. The van der Waals surface area contributed by atoms with E-state index in [0.717, 1.165) is 23.9 Å². The van der Waals surface area contributed by atoms with Crippen LogP contribution in [0.4, 0.5) is 0 Å². The lowest BCUT2D eigenvalue weighted by Crippen LogP contribution is -2.38.